The number of rotatable bonds is 18. The maximum Gasteiger partial charge on any atom is 1.00 e. The van der Waals surface area contributed by atoms with Crippen LogP contribution in [0, 0.1) is 0 Å². The third-order valence-corrected chi connectivity index (χ3v) is 9.47. The van der Waals surface area contributed by atoms with Crippen molar-refractivity contribution >= 4 is 24.1 Å². The van der Waals surface area contributed by atoms with Crippen molar-refractivity contribution in [3.63, 3.8) is 0 Å². The molecule has 3 rings (SSSR count). The minimum absolute atomic E-state index is 0. The molecule has 0 aromatic heterocycles. The summed E-state index contributed by atoms with van der Waals surface area (Å²) in [5, 5.41) is 143. The van der Waals surface area contributed by atoms with E-state index in [1.807, 2.05) is 0 Å². The number of aliphatic hydroxyl groups is 12. The number of carboxylic acids is 1. The zero-order valence-corrected chi connectivity index (χ0v) is 33.2. The topological polar surface area (TPSA) is 414 Å². The number of amides is 2. The predicted octanol–water partition coefficient (Wildman–Crippen LogP) is -13.7. The van der Waals surface area contributed by atoms with E-state index >= 15 is 0 Å². The molecule has 26 heteroatoms. The van der Waals surface area contributed by atoms with Crippen LogP contribution >= 0.6 is 0 Å². The Morgan fingerprint density at radius 3 is 1.93 bits per heavy atom. The fraction of sp³-hybridized carbons (Fsp3) is 0.871. The Labute approximate surface area is 346 Å². The Kier molecular flexibility index (Phi) is 20.1. The van der Waals surface area contributed by atoms with Crippen LogP contribution < -0.4 is 45.3 Å². The van der Waals surface area contributed by atoms with Crippen molar-refractivity contribution in [3.8, 4) is 0 Å². The molecule has 0 saturated carbocycles. The Bertz CT molecular complexity index is 1320. The standard InChI is InChI=1S/C31H52N2O23.Na/c1-9-18(43)21(46)22(47)28(51-9)54-25(15(42)7-36)24(12(5-34)32-10(2)38)53-29-23(48)27(20(45)16(8-37)52-29)56-31(30(49)50)4-13(40)17(33-11(3)39)26(55-31)19(44)14(41)6-35;/h5,9,12-29,35-37,40-48H,4,6-8H2,1-3H3,(H,32,38)(H,33,39)(H,49,50);/q;+1/p-1/t9-,12-,13-,14+,15+,16+,17+,18+,19+,20-,21+,22-,23+,24+,25+,26+,27-,28-,29-,31-;/m0./s1. The van der Waals surface area contributed by atoms with Crippen LogP contribution in [0.4, 0.5) is 0 Å². The van der Waals surface area contributed by atoms with Crippen LogP contribution in [0.1, 0.15) is 27.2 Å². The van der Waals surface area contributed by atoms with Gasteiger partial charge in [-0.3, -0.25) is 9.59 Å². The van der Waals surface area contributed by atoms with Gasteiger partial charge in [-0.1, -0.05) is 0 Å². The van der Waals surface area contributed by atoms with Gasteiger partial charge in [0.15, 0.2) is 12.6 Å². The molecule has 20 atom stereocenters. The number of aldehydes is 1. The van der Waals surface area contributed by atoms with E-state index in [2.05, 4.69) is 10.6 Å². The minimum Gasteiger partial charge on any atom is -0.544 e. The number of carbonyl (C=O) groups is 4. The number of ether oxygens (including phenoxy) is 6. The third-order valence-electron chi connectivity index (χ3n) is 9.47. The van der Waals surface area contributed by atoms with Gasteiger partial charge >= 0.3 is 29.6 Å². The van der Waals surface area contributed by atoms with Gasteiger partial charge in [-0.15, -0.1) is 0 Å². The number of hydrogen-bond donors (Lipinski definition) is 14. The first-order chi connectivity index (χ1) is 26.2. The second kappa shape index (κ2) is 22.3. The summed E-state index contributed by atoms with van der Waals surface area (Å²) in [6.07, 6.45) is -35.7. The Hall–Kier alpha value is -1.64. The van der Waals surface area contributed by atoms with Crippen LogP contribution in [0.2, 0.25) is 0 Å². The first-order valence-corrected chi connectivity index (χ1v) is 17.3. The van der Waals surface area contributed by atoms with Crippen LogP contribution in [0.3, 0.4) is 0 Å². The zero-order valence-electron chi connectivity index (χ0n) is 31.2. The van der Waals surface area contributed by atoms with Crippen molar-refractivity contribution in [2.45, 2.75) is 149 Å². The first-order valence-electron chi connectivity index (χ1n) is 17.3. The number of aliphatic hydroxyl groups excluding tert-OH is 12. The summed E-state index contributed by atoms with van der Waals surface area (Å²) in [7, 11) is 0. The SMILES string of the molecule is CC(=O)N[C@H]1[C@H]([C@H](O)[C@H](O)CO)O[C@@](O[C@H]2[C@@H](O)[C@@H](CO)O[C@@H](O[C@@H]([C@H](O[C@@H]3O[C@@H](C)[C@@H](O)[C@@H](O)[C@@H]3O)[C@H](O)CO)[C@H](C=O)NC(C)=O)[C@@H]2O)(C(=O)[O-])C[C@@H]1O.[Na+]. The van der Waals surface area contributed by atoms with Crippen molar-refractivity contribution in [3.05, 3.63) is 0 Å². The van der Waals surface area contributed by atoms with Gasteiger partial charge in [-0.05, 0) is 6.92 Å². The maximum absolute atomic E-state index is 12.7. The molecule has 3 fully saturated rings. The van der Waals surface area contributed by atoms with Crippen molar-refractivity contribution in [1.82, 2.24) is 10.6 Å². The van der Waals surface area contributed by atoms with Gasteiger partial charge < -0.3 is 115 Å². The van der Waals surface area contributed by atoms with Gasteiger partial charge in [0.1, 0.15) is 97.6 Å². The van der Waals surface area contributed by atoms with Crippen molar-refractivity contribution in [1.29, 1.82) is 0 Å². The molecule has 57 heavy (non-hydrogen) atoms. The molecule has 0 radical (unpaired) electrons. The van der Waals surface area contributed by atoms with Crippen LogP contribution in [0.15, 0.2) is 0 Å². The monoisotopic (exact) mass is 842 g/mol. The van der Waals surface area contributed by atoms with E-state index in [0.717, 1.165) is 13.8 Å². The fourth-order valence-corrected chi connectivity index (χ4v) is 6.49. The summed E-state index contributed by atoms with van der Waals surface area (Å²) in [5.74, 6) is -7.30. The number of nitrogens with one attached hydrogen (secondary N) is 2. The summed E-state index contributed by atoms with van der Waals surface area (Å²) in [6, 6.07) is -3.56. The Morgan fingerprint density at radius 1 is 0.842 bits per heavy atom. The fourth-order valence-electron chi connectivity index (χ4n) is 6.49. The van der Waals surface area contributed by atoms with E-state index in [1.165, 1.54) is 6.92 Å². The van der Waals surface area contributed by atoms with Crippen LogP contribution in [-0.4, -0.2) is 227 Å². The molecule has 14 N–H and O–H groups in total. The second-order valence-corrected chi connectivity index (χ2v) is 13.6. The molecular weight excluding hydrogens is 791 g/mol. The molecule has 0 aliphatic carbocycles. The molecule has 0 unspecified atom stereocenters. The minimum atomic E-state index is -3.28. The summed E-state index contributed by atoms with van der Waals surface area (Å²) >= 11 is 0. The predicted molar refractivity (Wildman–Crippen MR) is 171 cm³/mol. The third kappa shape index (κ3) is 12.0. The summed E-state index contributed by atoms with van der Waals surface area (Å²) in [6.45, 7) is -0.221. The molecule has 324 valence electrons. The maximum atomic E-state index is 12.7. The Morgan fingerprint density at radius 2 is 1.42 bits per heavy atom. The molecule has 0 bridgehead atoms. The molecule has 25 nitrogen and oxygen atoms in total. The molecule has 3 aliphatic heterocycles. The zero-order chi connectivity index (χ0) is 42.4. The molecule has 3 saturated heterocycles. The molecule has 3 heterocycles. The van der Waals surface area contributed by atoms with Crippen LogP contribution in [0.25, 0.3) is 0 Å². The number of carbonyl (C=O) groups excluding carboxylic acids is 4. The van der Waals surface area contributed by atoms with Crippen molar-refractivity contribution in [2.75, 3.05) is 19.8 Å². The van der Waals surface area contributed by atoms with Gasteiger partial charge in [0.05, 0.1) is 38.1 Å². The summed E-state index contributed by atoms with van der Waals surface area (Å²) < 4.78 is 33.4. The average Bonchev–Trinajstić information content (AvgIpc) is 3.15. The van der Waals surface area contributed by atoms with Gasteiger partial charge in [0, 0.05) is 20.3 Å². The second-order valence-electron chi connectivity index (χ2n) is 13.6. The quantitative estimate of drug-likeness (QED) is 0.0450. The molecule has 0 aromatic rings. The normalized spacial score (nSPS) is 39.0. The smallest absolute Gasteiger partial charge is 0.544 e. The van der Waals surface area contributed by atoms with Gasteiger partial charge in [0.25, 0.3) is 0 Å². The van der Waals surface area contributed by atoms with Crippen LogP contribution in [0.5, 0.6) is 0 Å². The van der Waals surface area contributed by atoms with Gasteiger partial charge in [-0.25, -0.2) is 0 Å². The van der Waals surface area contributed by atoms with E-state index in [-0.39, 0.29) is 35.8 Å². The molecule has 3 aliphatic rings. The van der Waals surface area contributed by atoms with Gasteiger partial charge in [-0.2, -0.15) is 0 Å². The average molecular weight is 843 g/mol. The first kappa shape index (κ1) is 51.5. The van der Waals surface area contributed by atoms with E-state index in [4.69, 9.17) is 28.4 Å². The summed E-state index contributed by atoms with van der Waals surface area (Å²) in [5.41, 5.74) is 0. The Balaban J connectivity index is 0.0000112. The largest absolute Gasteiger partial charge is 1.00 e. The molecular formula is C31H51N2NaO23. The van der Waals surface area contributed by atoms with Crippen molar-refractivity contribution in [2.24, 2.45) is 0 Å². The van der Waals surface area contributed by atoms with E-state index < -0.39 is 166 Å². The number of hydrogen-bond acceptors (Lipinski definition) is 23. The number of aliphatic carboxylic acids is 1. The van der Waals surface area contributed by atoms with Crippen molar-refractivity contribution < 1.29 is 144 Å². The van der Waals surface area contributed by atoms with E-state index in [1.54, 1.807) is 0 Å². The van der Waals surface area contributed by atoms with Gasteiger partial charge in [0.2, 0.25) is 17.6 Å². The summed E-state index contributed by atoms with van der Waals surface area (Å²) in [4.78, 5) is 49.1. The van der Waals surface area contributed by atoms with E-state index in [0.29, 0.717) is 0 Å². The molecule has 0 spiro atoms. The number of carboxylic acid groups (broad SMARTS) is 1. The molecule has 0 aromatic carbocycles. The molecule has 2 amide bonds. The van der Waals surface area contributed by atoms with Crippen LogP contribution in [-0.2, 0) is 47.6 Å². The van der Waals surface area contributed by atoms with E-state index in [9.17, 15) is 85.6 Å².